The Kier molecular flexibility index (Phi) is 7.09. The van der Waals surface area contributed by atoms with Gasteiger partial charge in [0.05, 0.1) is 24.9 Å². The SMILES string of the molecule is CN=C(NCc1c(C)nn(C)c1C)NCC(c1ccc(C)s1)N1CCOCC1. The predicted octanol–water partition coefficient (Wildman–Crippen LogP) is 2.15. The fourth-order valence-electron chi connectivity index (χ4n) is 3.59. The summed E-state index contributed by atoms with van der Waals surface area (Å²) in [7, 11) is 3.80. The Balaban J connectivity index is 1.63. The van der Waals surface area contributed by atoms with Gasteiger partial charge in [0.25, 0.3) is 0 Å². The second-order valence-corrected chi connectivity index (χ2v) is 8.51. The third-order valence-electron chi connectivity index (χ3n) is 5.35. The number of aliphatic imine (C=N–C) groups is 1. The van der Waals surface area contributed by atoms with Crippen molar-refractivity contribution in [3.05, 3.63) is 38.8 Å². The first-order valence-corrected chi connectivity index (χ1v) is 10.6. The van der Waals surface area contributed by atoms with Gasteiger partial charge in [-0.15, -0.1) is 11.3 Å². The molecule has 3 rings (SSSR count). The van der Waals surface area contributed by atoms with Crippen LogP contribution in [0.5, 0.6) is 0 Å². The third kappa shape index (κ3) is 4.92. The molecule has 1 saturated heterocycles. The van der Waals surface area contributed by atoms with Crippen molar-refractivity contribution in [2.75, 3.05) is 39.9 Å². The molecule has 1 unspecified atom stereocenters. The van der Waals surface area contributed by atoms with Gasteiger partial charge < -0.3 is 15.4 Å². The monoisotopic (exact) mass is 404 g/mol. The van der Waals surface area contributed by atoms with Crippen molar-refractivity contribution in [2.45, 2.75) is 33.4 Å². The molecular weight excluding hydrogens is 372 g/mol. The molecule has 0 bridgehead atoms. The van der Waals surface area contributed by atoms with Crippen LogP contribution in [0.4, 0.5) is 0 Å². The maximum atomic E-state index is 5.55. The van der Waals surface area contributed by atoms with E-state index in [9.17, 15) is 0 Å². The van der Waals surface area contributed by atoms with Crippen molar-refractivity contribution in [3.8, 4) is 0 Å². The molecule has 2 aromatic rings. The second kappa shape index (κ2) is 9.54. The van der Waals surface area contributed by atoms with Gasteiger partial charge in [0, 0.05) is 61.3 Å². The predicted molar refractivity (Wildman–Crippen MR) is 115 cm³/mol. The molecule has 0 radical (unpaired) electrons. The number of nitrogens with zero attached hydrogens (tertiary/aromatic N) is 4. The molecule has 7 nitrogen and oxygen atoms in total. The van der Waals surface area contributed by atoms with E-state index < -0.39 is 0 Å². The molecular formula is C20H32N6OS. The lowest BCUT2D eigenvalue weighted by molar-refractivity contribution is 0.0177. The molecule has 0 amide bonds. The number of morpholine rings is 1. The van der Waals surface area contributed by atoms with Crippen LogP contribution in [-0.2, 0) is 18.3 Å². The number of guanidine groups is 1. The first-order valence-electron chi connectivity index (χ1n) is 9.81. The topological polar surface area (TPSA) is 66.7 Å². The molecule has 0 aliphatic carbocycles. The highest BCUT2D eigenvalue weighted by Crippen LogP contribution is 2.27. The number of hydrogen-bond donors (Lipinski definition) is 2. The first-order chi connectivity index (χ1) is 13.5. The Morgan fingerprint density at radius 2 is 2.00 bits per heavy atom. The van der Waals surface area contributed by atoms with Crippen LogP contribution < -0.4 is 10.6 Å². The van der Waals surface area contributed by atoms with Crippen molar-refractivity contribution >= 4 is 17.3 Å². The van der Waals surface area contributed by atoms with Gasteiger partial charge in [0.15, 0.2) is 5.96 Å². The van der Waals surface area contributed by atoms with Crippen molar-refractivity contribution in [1.29, 1.82) is 0 Å². The zero-order chi connectivity index (χ0) is 20.1. The number of thiophene rings is 1. The highest BCUT2D eigenvalue weighted by atomic mass is 32.1. The van der Waals surface area contributed by atoms with E-state index >= 15 is 0 Å². The molecule has 2 aromatic heterocycles. The minimum atomic E-state index is 0.322. The van der Waals surface area contributed by atoms with Crippen LogP contribution in [0.2, 0.25) is 0 Å². The zero-order valence-corrected chi connectivity index (χ0v) is 18.4. The van der Waals surface area contributed by atoms with E-state index in [0.717, 1.165) is 44.5 Å². The summed E-state index contributed by atoms with van der Waals surface area (Å²) in [6.07, 6.45) is 0. The first kappa shape index (κ1) is 20.8. The van der Waals surface area contributed by atoms with Crippen LogP contribution in [0, 0.1) is 20.8 Å². The average Bonchev–Trinajstić information content (AvgIpc) is 3.22. The summed E-state index contributed by atoms with van der Waals surface area (Å²) in [4.78, 5) is 9.65. The minimum absolute atomic E-state index is 0.322. The maximum Gasteiger partial charge on any atom is 0.191 e. The number of aromatic nitrogens is 2. The third-order valence-corrected chi connectivity index (χ3v) is 6.46. The van der Waals surface area contributed by atoms with E-state index in [2.05, 4.69) is 51.6 Å². The molecule has 154 valence electrons. The van der Waals surface area contributed by atoms with E-state index in [4.69, 9.17) is 4.74 Å². The average molecular weight is 405 g/mol. The summed E-state index contributed by atoms with van der Waals surface area (Å²) in [5.74, 6) is 0.814. The fourth-order valence-corrected chi connectivity index (χ4v) is 4.60. The Hall–Kier alpha value is -1.90. The number of aryl methyl sites for hydroxylation is 3. The Bertz CT molecular complexity index is 806. The minimum Gasteiger partial charge on any atom is -0.379 e. The van der Waals surface area contributed by atoms with Crippen LogP contribution in [0.1, 0.15) is 32.7 Å². The largest absolute Gasteiger partial charge is 0.379 e. The second-order valence-electron chi connectivity index (χ2n) is 7.19. The van der Waals surface area contributed by atoms with Gasteiger partial charge in [0.2, 0.25) is 0 Å². The quantitative estimate of drug-likeness (QED) is 0.570. The summed E-state index contributed by atoms with van der Waals surface area (Å²) in [5.41, 5.74) is 3.47. The van der Waals surface area contributed by atoms with Crippen LogP contribution in [0.3, 0.4) is 0 Å². The number of ether oxygens (including phenoxy) is 1. The van der Waals surface area contributed by atoms with E-state index in [1.165, 1.54) is 21.0 Å². The molecule has 0 aromatic carbocycles. The highest BCUT2D eigenvalue weighted by Gasteiger charge is 2.24. The molecule has 2 N–H and O–H groups in total. The van der Waals surface area contributed by atoms with E-state index in [-0.39, 0.29) is 0 Å². The lowest BCUT2D eigenvalue weighted by Crippen LogP contribution is -2.46. The summed E-state index contributed by atoms with van der Waals surface area (Å²) in [5, 5.41) is 11.5. The number of rotatable bonds is 6. The van der Waals surface area contributed by atoms with E-state index in [0.29, 0.717) is 12.6 Å². The Morgan fingerprint density at radius 3 is 2.57 bits per heavy atom. The normalized spacial score (nSPS) is 17.0. The highest BCUT2D eigenvalue weighted by molar-refractivity contribution is 7.12. The van der Waals surface area contributed by atoms with Gasteiger partial charge in [-0.3, -0.25) is 14.6 Å². The van der Waals surface area contributed by atoms with E-state index in [1.807, 2.05) is 37.0 Å². The van der Waals surface area contributed by atoms with Crippen molar-refractivity contribution < 1.29 is 4.74 Å². The fraction of sp³-hybridized carbons (Fsp3) is 0.600. The summed E-state index contributed by atoms with van der Waals surface area (Å²) >= 11 is 1.87. The maximum absolute atomic E-state index is 5.55. The molecule has 1 fully saturated rings. The molecule has 1 aliphatic rings. The van der Waals surface area contributed by atoms with Crippen LogP contribution in [0.25, 0.3) is 0 Å². The number of nitrogens with one attached hydrogen (secondary N) is 2. The van der Waals surface area contributed by atoms with Crippen LogP contribution in [0.15, 0.2) is 17.1 Å². The van der Waals surface area contributed by atoms with Crippen molar-refractivity contribution in [2.24, 2.45) is 12.0 Å². The van der Waals surface area contributed by atoms with Gasteiger partial charge in [-0.25, -0.2) is 0 Å². The van der Waals surface area contributed by atoms with Gasteiger partial charge in [-0.1, -0.05) is 0 Å². The molecule has 0 spiro atoms. The summed E-state index contributed by atoms with van der Waals surface area (Å²) < 4.78 is 7.47. The van der Waals surface area contributed by atoms with Gasteiger partial charge >= 0.3 is 0 Å². The van der Waals surface area contributed by atoms with Gasteiger partial charge in [0.1, 0.15) is 0 Å². The van der Waals surface area contributed by atoms with Gasteiger partial charge in [-0.2, -0.15) is 5.10 Å². The molecule has 0 saturated carbocycles. The Morgan fingerprint density at radius 1 is 1.25 bits per heavy atom. The smallest absolute Gasteiger partial charge is 0.191 e. The summed E-state index contributed by atoms with van der Waals surface area (Å²) in [6.45, 7) is 11.4. The van der Waals surface area contributed by atoms with Crippen molar-refractivity contribution in [1.82, 2.24) is 25.3 Å². The number of hydrogen-bond acceptors (Lipinski definition) is 5. The van der Waals surface area contributed by atoms with Crippen LogP contribution in [-0.4, -0.2) is 60.5 Å². The summed E-state index contributed by atoms with van der Waals surface area (Å²) in [6, 6.07) is 4.78. The Labute approximate surface area is 171 Å². The molecule has 28 heavy (non-hydrogen) atoms. The van der Waals surface area contributed by atoms with Crippen molar-refractivity contribution in [3.63, 3.8) is 0 Å². The standard InChI is InChI=1S/C20H32N6OS/c1-14-6-7-19(28-14)18(26-8-10-27-11-9-26)13-23-20(21-4)22-12-17-15(2)24-25(5)16(17)3/h6-7,18H,8-13H2,1-5H3,(H2,21,22,23). The zero-order valence-electron chi connectivity index (χ0n) is 17.6. The van der Waals surface area contributed by atoms with E-state index in [1.54, 1.807) is 0 Å². The molecule has 8 heteroatoms. The lowest BCUT2D eigenvalue weighted by atomic mass is 10.2. The molecule has 3 heterocycles. The van der Waals surface area contributed by atoms with Gasteiger partial charge in [-0.05, 0) is 32.9 Å². The van der Waals surface area contributed by atoms with Crippen LogP contribution >= 0.6 is 11.3 Å². The molecule has 1 atom stereocenters. The molecule has 1 aliphatic heterocycles. The lowest BCUT2D eigenvalue weighted by Gasteiger charge is -2.34.